The van der Waals surface area contributed by atoms with Crippen LogP contribution in [0.15, 0.2) is 60.0 Å². The Morgan fingerprint density at radius 1 is 1.03 bits per heavy atom. The fraction of sp³-hybridized carbons (Fsp3) is 0.182. The molecule has 5 rings (SSSR count). The van der Waals surface area contributed by atoms with E-state index in [0.717, 1.165) is 45.4 Å². The van der Waals surface area contributed by atoms with Gasteiger partial charge in [-0.3, -0.25) is 4.79 Å². The second-order valence-corrected chi connectivity index (χ2v) is 8.30. The predicted molar refractivity (Wildman–Crippen MR) is 119 cm³/mol. The number of nitrogens with zero attached hydrogens (tertiary/aromatic N) is 3. The summed E-state index contributed by atoms with van der Waals surface area (Å²) in [6.07, 6.45) is 0. The van der Waals surface area contributed by atoms with Gasteiger partial charge in [0, 0.05) is 42.5 Å². The number of aromatic amines is 1. The summed E-state index contributed by atoms with van der Waals surface area (Å²) in [5.41, 5.74) is 3.55. The van der Waals surface area contributed by atoms with Crippen LogP contribution in [-0.2, 0) is 0 Å². The van der Waals surface area contributed by atoms with Crippen LogP contribution in [0.25, 0.3) is 21.6 Å². The molecule has 0 bridgehead atoms. The summed E-state index contributed by atoms with van der Waals surface area (Å²) in [5, 5.41) is 4.57. The van der Waals surface area contributed by atoms with Gasteiger partial charge in [-0.05, 0) is 24.3 Å². The standard InChI is InChI=1S/C22H19ClN4OS/c23-16-6-2-4-8-20(16)26-9-11-27(12-10-26)22(28)19-14-29-21(25-19)18-13-15-5-1-3-7-17(15)24-18/h1-8,13-14,24H,9-12H2. The highest BCUT2D eigenvalue weighted by Gasteiger charge is 2.25. The maximum atomic E-state index is 12.9. The van der Waals surface area contributed by atoms with Crippen molar-refractivity contribution in [1.82, 2.24) is 14.9 Å². The first-order valence-corrected chi connectivity index (χ1v) is 10.8. The molecule has 2 aromatic heterocycles. The number of carbonyl (C=O) groups is 1. The molecule has 1 aliphatic heterocycles. The summed E-state index contributed by atoms with van der Waals surface area (Å²) < 4.78 is 0. The molecule has 0 atom stereocenters. The van der Waals surface area contributed by atoms with Gasteiger partial charge in [0.15, 0.2) is 0 Å². The molecular weight excluding hydrogens is 404 g/mol. The smallest absolute Gasteiger partial charge is 0.273 e. The van der Waals surface area contributed by atoms with E-state index in [1.807, 2.05) is 52.7 Å². The SMILES string of the molecule is O=C(c1csc(-c2cc3ccccc3[nH]2)n1)N1CCN(c2ccccc2Cl)CC1. The number of benzene rings is 2. The largest absolute Gasteiger partial charge is 0.367 e. The maximum absolute atomic E-state index is 12.9. The first-order valence-electron chi connectivity index (χ1n) is 9.51. The lowest BCUT2D eigenvalue weighted by Crippen LogP contribution is -2.49. The minimum Gasteiger partial charge on any atom is -0.367 e. The second-order valence-electron chi connectivity index (χ2n) is 7.04. The number of piperazine rings is 1. The number of para-hydroxylation sites is 2. The number of nitrogens with one attached hydrogen (secondary N) is 1. The van der Waals surface area contributed by atoms with Gasteiger partial charge in [0.2, 0.25) is 0 Å². The van der Waals surface area contributed by atoms with Gasteiger partial charge in [0.25, 0.3) is 5.91 Å². The third-order valence-corrected chi connectivity index (χ3v) is 6.44. The van der Waals surface area contributed by atoms with Crippen molar-refractivity contribution in [2.75, 3.05) is 31.1 Å². The molecule has 2 aromatic carbocycles. The molecule has 4 aromatic rings. The molecule has 146 valence electrons. The molecule has 1 fully saturated rings. The van der Waals surface area contributed by atoms with Crippen LogP contribution in [0, 0.1) is 0 Å². The normalized spacial score (nSPS) is 14.5. The Kier molecular flexibility index (Phi) is 4.73. The fourth-order valence-corrected chi connectivity index (χ4v) is 4.72. The number of H-pyrrole nitrogens is 1. The van der Waals surface area contributed by atoms with Gasteiger partial charge in [0.05, 0.1) is 16.4 Å². The Morgan fingerprint density at radius 3 is 2.59 bits per heavy atom. The molecule has 1 N–H and O–H groups in total. The van der Waals surface area contributed by atoms with Crippen LogP contribution in [0.4, 0.5) is 5.69 Å². The number of thiazole rings is 1. The van der Waals surface area contributed by atoms with E-state index in [4.69, 9.17) is 11.6 Å². The molecule has 0 aliphatic carbocycles. The van der Waals surface area contributed by atoms with Crippen LogP contribution < -0.4 is 4.90 Å². The van der Waals surface area contributed by atoms with Gasteiger partial charge in [-0.2, -0.15) is 0 Å². The summed E-state index contributed by atoms with van der Waals surface area (Å²) in [7, 11) is 0. The Balaban J connectivity index is 1.29. The van der Waals surface area contributed by atoms with Crippen LogP contribution in [0.5, 0.6) is 0 Å². The van der Waals surface area contributed by atoms with E-state index in [2.05, 4.69) is 27.0 Å². The molecule has 0 unspecified atom stereocenters. The van der Waals surface area contributed by atoms with E-state index in [9.17, 15) is 4.79 Å². The number of amides is 1. The zero-order valence-electron chi connectivity index (χ0n) is 15.6. The number of rotatable bonds is 3. The minimum absolute atomic E-state index is 0.0116. The van der Waals surface area contributed by atoms with E-state index in [0.29, 0.717) is 18.8 Å². The van der Waals surface area contributed by atoms with Gasteiger partial charge < -0.3 is 14.8 Å². The summed E-state index contributed by atoms with van der Waals surface area (Å²) in [5.74, 6) is -0.0116. The van der Waals surface area contributed by atoms with Crippen molar-refractivity contribution < 1.29 is 4.79 Å². The highest BCUT2D eigenvalue weighted by molar-refractivity contribution is 7.13. The number of fused-ring (bicyclic) bond motifs is 1. The number of aromatic nitrogens is 2. The Hall–Kier alpha value is -2.83. The second kappa shape index (κ2) is 7.54. The summed E-state index contributed by atoms with van der Waals surface area (Å²) in [6.45, 7) is 2.83. The maximum Gasteiger partial charge on any atom is 0.273 e. The van der Waals surface area contributed by atoms with Crippen molar-refractivity contribution in [3.05, 3.63) is 70.7 Å². The quantitative estimate of drug-likeness (QED) is 0.510. The Bertz CT molecular complexity index is 1140. The Labute approximate surface area is 177 Å². The monoisotopic (exact) mass is 422 g/mol. The summed E-state index contributed by atoms with van der Waals surface area (Å²) >= 11 is 7.80. The number of hydrogen-bond donors (Lipinski definition) is 1. The van der Waals surface area contributed by atoms with E-state index < -0.39 is 0 Å². The lowest BCUT2D eigenvalue weighted by molar-refractivity contribution is 0.0742. The van der Waals surface area contributed by atoms with Crippen molar-refractivity contribution in [3.8, 4) is 10.7 Å². The van der Waals surface area contributed by atoms with Crippen LogP contribution in [-0.4, -0.2) is 47.0 Å². The molecule has 1 saturated heterocycles. The lowest BCUT2D eigenvalue weighted by atomic mass is 10.2. The number of carbonyl (C=O) groups excluding carboxylic acids is 1. The molecule has 0 radical (unpaired) electrons. The lowest BCUT2D eigenvalue weighted by Gasteiger charge is -2.36. The molecule has 29 heavy (non-hydrogen) atoms. The third-order valence-electron chi connectivity index (χ3n) is 5.24. The van der Waals surface area contributed by atoms with E-state index >= 15 is 0 Å². The van der Waals surface area contributed by atoms with Crippen LogP contribution in [0.1, 0.15) is 10.5 Å². The molecule has 1 amide bonds. The third kappa shape index (κ3) is 3.50. The molecule has 7 heteroatoms. The number of anilines is 1. The first kappa shape index (κ1) is 18.2. The average Bonchev–Trinajstić information content (AvgIpc) is 3.41. The topological polar surface area (TPSA) is 52.2 Å². The van der Waals surface area contributed by atoms with Crippen LogP contribution >= 0.6 is 22.9 Å². The molecule has 5 nitrogen and oxygen atoms in total. The van der Waals surface area contributed by atoms with Crippen LogP contribution in [0.3, 0.4) is 0 Å². The highest BCUT2D eigenvalue weighted by atomic mass is 35.5. The van der Waals surface area contributed by atoms with Gasteiger partial charge in [-0.1, -0.05) is 41.9 Å². The summed E-state index contributed by atoms with van der Waals surface area (Å²) in [4.78, 5) is 25.0. The highest BCUT2D eigenvalue weighted by Crippen LogP contribution is 2.28. The zero-order chi connectivity index (χ0) is 19.8. The molecule has 3 heterocycles. The van der Waals surface area contributed by atoms with E-state index in [-0.39, 0.29) is 5.91 Å². The van der Waals surface area contributed by atoms with Gasteiger partial charge in [-0.15, -0.1) is 11.3 Å². The summed E-state index contributed by atoms with van der Waals surface area (Å²) in [6, 6.07) is 18.0. The molecular formula is C22H19ClN4OS. The Morgan fingerprint density at radius 2 is 1.79 bits per heavy atom. The average molecular weight is 423 g/mol. The van der Waals surface area contributed by atoms with Gasteiger partial charge >= 0.3 is 0 Å². The number of halogens is 1. The predicted octanol–water partition coefficient (Wildman–Crippen LogP) is 4.91. The van der Waals surface area contributed by atoms with Crippen molar-refractivity contribution in [2.24, 2.45) is 0 Å². The molecule has 1 aliphatic rings. The number of hydrogen-bond acceptors (Lipinski definition) is 4. The van der Waals surface area contributed by atoms with Gasteiger partial charge in [-0.25, -0.2) is 4.98 Å². The zero-order valence-corrected chi connectivity index (χ0v) is 17.2. The van der Waals surface area contributed by atoms with E-state index in [1.54, 1.807) is 0 Å². The van der Waals surface area contributed by atoms with E-state index in [1.165, 1.54) is 11.3 Å². The van der Waals surface area contributed by atoms with Crippen molar-refractivity contribution in [1.29, 1.82) is 0 Å². The van der Waals surface area contributed by atoms with Crippen molar-refractivity contribution in [2.45, 2.75) is 0 Å². The van der Waals surface area contributed by atoms with Crippen LogP contribution in [0.2, 0.25) is 5.02 Å². The van der Waals surface area contributed by atoms with Crippen molar-refractivity contribution in [3.63, 3.8) is 0 Å². The minimum atomic E-state index is -0.0116. The first-order chi connectivity index (χ1) is 14.2. The van der Waals surface area contributed by atoms with Gasteiger partial charge in [0.1, 0.15) is 10.7 Å². The fourth-order valence-electron chi connectivity index (χ4n) is 3.70. The molecule has 0 spiro atoms. The van der Waals surface area contributed by atoms with Crippen molar-refractivity contribution >= 4 is 45.4 Å². The molecule has 0 saturated carbocycles.